The van der Waals surface area contributed by atoms with Crippen molar-refractivity contribution < 1.29 is 0 Å². The van der Waals surface area contributed by atoms with Crippen LogP contribution in [0, 0.1) is 0 Å². The summed E-state index contributed by atoms with van der Waals surface area (Å²) in [5.74, 6) is 0. The molecule has 1 aromatic rings. The molecule has 0 bridgehead atoms. The number of unbranched alkanes of at least 4 members (excludes halogenated alkanes) is 1. The molecule has 0 radical (unpaired) electrons. The minimum atomic E-state index is 0.0734. The van der Waals surface area contributed by atoms with Crippen molar-refractivity contribution in [3.05, 3.63) is 29.8 Å². The molecule has 0 spiro atoms. The van der Waals surface area contributed by atoms with E-state index in [1.54, 1.807) is 3.61 Å². The van der Waals surface area contributed by atoms with Gasteiger partial charge in [-0.05, 0) is 0 Å². The van der Waals surface area contributed by atoms with Crippen molar-refractivity contribution >= 4 is 24.5 Å². The third-order valence-corrected chi connectivity index (χ3v) is 5.31. The van der Waals surface area contributed by atoms with Gasteiger partial charge in [0.1, 0.15) is 0 Å². The zero-order valence-electron chi connectivity index (χ0n) is 8.99. The van der Waals surface area contributed by atoms with Gasteiger partial charge < -0.3 is 0 Å². The van der Waals surface area contributed by atoms with Crippen LogP contribution in [0.5, 0.6) is 0 Å². The summed E-state index contributed by atoms with van der Waals surface area (Å²) >= 11 is 0.0734. The summed E-state index contributed by atoms with van der Waals surface area (Å²) < 4.78 is 2.99. The van der Waals surface area contributed by atoms with E-state index in [0.29, 0.717) is 0 Å². The van der Waals surface area contributed by atoms with Gasteiger partial charge in [0.2, 0.25) is 0 Å². The van der Waals surface area contributed by atoms with Crippen molar-refractivity contribution in [3.63, 3.8) is 0 Å². The van der Waals surface area contributed by atoms with E-state index in [1.807, 2.05) is 6.92 Å². The molecule has 1 aromatic carbocycles. The van der Waals surface area contributed by atoms with Gasteiger partial charge in [-0.3, -0.25) is 0 Å². The van der Waals surface area contributed by atoms with Gasteiger partial charge in [-0.1, -0.05) is 0 Å². The maximum absolute atomic E-state index is 5.80. The Kier molecular flexibility index (Phi) is 5.55. The quantitative estimate of drug-likeness (QED) is 0.655. The number of nitrogens with two attached hydrogens (primary N) is 1. The molecule has 2 heteroatoms. The molecule has 0 saturated heterocycles. The van der Waals surface area contributed by atoms with Crippen LogP contribution in [0.1, 0.15) is 38.3 Å². The first-order valence-electron chi connectivity index (χ1n) is 5.22. The van der Waals surface area contributed by atoms with Gasteiger partial charge in [-0.2, -0.15) is 0 Å². The van der Waals surface area contributed by atoms with Crippen LogP contribution >= 0.6 is 0 Å². The Morgan fingerprint density at radius 1 is 1.29 bits per heavy atom. The fraction of sp³-hybridized carbons (Fsp3) is 0.500. The fourth-order valence-electron chi connectivity index (χ4n) is 1.20. The summed E-state index contributed by atoms with van der Waals surface area (Å²) in [5.41, 5.74) is 7.04. The third kappa shape index (κ3) is 4.00. The van der Waals surface area contributed by atoms with E-state index in [-0.39, 0.29) is 27.0 Å². The van der Waals surface area contributed by atoms with Crippen molar-refractivity contribution in [2.75, 3.05) is 0 Å². The molecule has 0 fully saturated rings. The van der Waals surface area contributed by atoms with E-state index >= 15 is 0 Å². The predicted molar refractivity (Wildman–Crippen MR) is 64.1 cm³/mol. The zero-order valence-corrected chi connectivity index (χ0v) is 11.3. The predicted octanol–water partition coefficient (Wildman–Crippen LogP) is 2.25. The molecule has 0 saturated carbocycles. The Balaban J connectivity index is 2.47. The zero-order chi connectivity index (χ0) is 10.4. The van der Waals surface area contributed by atoms with Gasteiger partial charge in [0.15, 0.2) is 0 Å². The normalized spacial score (nSPS) is 12.8. The van der Waals surface area contributed by atoms with E-state index in [4.69, 9.17) is 5.73 Å². The molecule has 1 atom stereocenters. The van der Waals surface area contributed by atoms with Gasteiger partial charge in [-0.25, -0.2) is 0 Å². The Bertz CT molecular complexity index is 254. The Hall–Kier alpha value is -0.0304. The average molecular weight is 305 g/mol. The maximum atomic E-state index is 5.80. The van der Waals surface area contributed by atoms with Crippen LogP contribution < -0.4 is 9.35 Å². The summed E-state index contributed by atoms with van der Waals surface area (Å²) in [6.07, 6.45) is 2.71. The first-order chi connectivity index (χ1) is 6.74. The summed E-state index contributed by atoms with van der Waals surface area (Å²) in [6.45, 7) is 4.29. The molecule has 14 heavy (non-hydrogen) atoms. The van der Waals surface area contributed by atoms with Gasteiger partial charge in [-0.15, -0.1) is 0 Å². The molecule has 2 N–H and O–H groups in total. The van der Waals surface area contributed by atoms with Crippen molar-refractivity contribution in [2.24, 2.45) is 5.73 Å². The number of benzene rings is 1. The van der Waals surface area contributed by atoms with Crippen LogP contribution in [0.2, 0.25) is 4.47 Å². The van der Waals surface area contributed by atoms with E-state index in [1.165, 1.54) is 22.9 Å². The molecule has 1 unspecified atom stereocenters. The molecule has 0 aromatic heterocycles. The molecule has 1 nitrogen and oxygen atoms in total. The molecule has 1 rings (SSSR count). The van der Waals surface area contributed by atoms with Crippen LogP contribution in [0.4, 0.5) is 0 Å². The van der Waals surface area contributed by atoms with Crippen molar-refractivity contribution in [1.82, 2.24) is 0 Å². The fourth-order valence-corrected chi connectivity index (χ4v) is 4.05. The Morgan fingerprint density at radius 3 is 2.43 bits per heavy atom. The van der Waals surface area contributed by atoms with Gasteiger partial charge in [0.05, 0.1) is 0 Å². The SMILES string of the molecule is CCCC[Te]c1ccc(C(C)N)cc1. The molecule has 0 aliphatic rings. The second-order valence-corrected chi connectivity index (χ2v) is 6.89. The van der Waals surface area contributed by atoms with Crippen LogP contribution in [0.3, 0.4) is 0 Å². The first kappa shape index (κ1) is 12.0. The summed E-state index contributed by atoms with van der Waals surface area (Å²) in [7, 11) is 0. The Morgan fingerprint density at radius 2 is 1.93 bits per heavy atom. The molecule has 0 aliphatic carbocycles. The summed E-state index contributed by atoms with van der Waals surface area (Å²) in [5, 5.41) is 0. The monoisotopic (exact) mass is 307 g/mol. The second kappa shape index (κ2) is 6.45. The topological polar surface area (TPSA) is 26.0 Å². The average Bonchev–Trinajstić information content (AvgIpc) is 2.19. The van der Waals surface area contributed by atoms with Crippen LogP contribution in [-0.4, -0.2) is 20.9 Å². The van der Waals surface area contributed by atoms with Crippen molar-refractivity contribution in [2.45, 2.75) is 37.2 Å². The van der Waals surface area contributed by atoms with Gasteiger partial charge >= 0.3 is 97.3 Å². The van der Waals surface area contributed by atoms with E-state index in [9.17, 15) is 0 Å². The van der Waals surface area contributed by atoms with Crippen molar-refractivity contribution in [3.8, 4) is 0 Å². The van der Waals surface area contributed by atoms with Crippen LogP contribution in [-0.2, 0) is 0 Å². The van der Waals surface area contributed by atoms with E-state index in [0.717, 1.165) is 0 Å². The number of hydrogen-bond acceptors (Lipinski definition) is 1. The molecular formula is C12H19NTe. The molecular weight excluding hydrogens is 286 g/mol. The first-order valence-corrected chi connectivity index (χ1v) is 8.03. The number of hydrogen-bond donors (Lipinski definition) is 1. The molecule has 0 amide bonds. The second-order valence-electron chi connectivity index (χ2n) is 3.56. The minimum absolute atomic E-state index is 0.0734. The summed E-state index contributed by atoms with van der Waals surface area (Å²) in [4.78, 5) is 0. The van der Waals surface area contributed by atoms with E-state index in [2.05, 4.69) is 31.2 Å². The van der Waals surface area contributed by atoms with Gasteiger partial charge in [0, 0.05) is 0 Å². The third-order valence-electron chi connectivity index (χ3n) is 2.17. The van der Waals surface area contributed by atoms with E-state index < -0.39 is 0 Å². The number of rotatable bonds is 5. The van der Waals surface area contributed by atoms with Crippen LogP contribution in [0.15, 0.2) is 24.3 Å². The van der Waals surface area contributed by atoms with Crippen LogP contribution in [0.25, 0.3) is 0 Å². The summed E-state index contributed by atoms with van der Waals surface area (Å²) in [6, 6.07) is 9.04. The molecule has 0 aliphatic heterocycles. The van der Waals surface area contributed by atoms with Crippen molar-refractivity contribution in [1.29, 1.82) is 0 Å². The Labute approximate surface area is 97.2 Å². The molecule has 78 valence electrons. The standard InChI is InChI=1S/C12H19NTe/c1-3-4-9-14-12-7-5-11(6-8-12)10(2)13/h5-8,10H,3-4,9,13H2,1-2H3. The van der Waals surface area contributed by atoms with Gasteiger partial charge in [0.25, 0.3) is 0 Å². The molecule has 0 heterocycles.